The number of anilines is 1. The summed E-state index contributed by atoms with van der Waals surface area (Å²) in [5.74, 6) is -0.145. The van der Waals surface area contributed by atoms with E-state index in [9.17, 15) is 10.2 Å². The zero-order valence-electron chi connectivity index (χ0n) is 10.7. The van der Waals surface area contributed by atoms with E-state index in [1.54, 1.807) is 30.3 Å². The van der Waals surface area contributed by atoms with E-state index in [0.717, 1.165) is 5.56 Å². The van der Waals surface area contributed by atoms with Crippen molar-refractivity contribution in [3.63, 3.8) is 0 Å². The molecule has 0 aliphatic carbocycles. The van der Waals surface area contributed by atoms with Crippen molar-refractivity contribution in [2.45, 2.75) is 0 Å². The van der Waals surface area contributed by atoms with E-state index in [1.165, 1.54) is 16.8 Å². The average Bonchev–Trinajstić information content (AvgIpc) is 2.85. The molecule has 1 heterocycles. The molecule has 0 amide bonds. The first kappa shape index (κ1) is 13.3. The Labute approximate surface area is 125 Å². The molecule has 0 aliphatic heterocycles. The van der Waals surface area contributed by atoms with E-state index >= 15 is 0 Å². The van der Waals surface area contributed by atoms with Gasteiger partial charge in [0.25, 0.3) is 0 Å². The van der Waals surface area contributed by atoms with Crippen LogP contribution in [-0.2, 0) is 0 Å². The van der Waals surface area contributed by atoms with Crippen molar-refractivity contribution < 1.29 is 10.2 Å². The van der Waals surface area contributed by atoms with Crippen molar-refractivity contribution in [2.75, 3.05) is 5.73 Å². The number of nitrogens with two attached hydrogens (primary N) is 1. The van der Waals surface area contributed by atoms with Gasteiger partial charge >= 0.3 is 0 Å². The lowest BCUT2D eigenvalue weighted by atomic mass is 10.1. The molecule has 0 aliphatic rings. The van der Waals surface area contributed by atoms with Gasteiger partial charge in [0, 0.05) is 16.7 Å². The third-order valence-corrected chi connectivity index (χ3v) is 3.28. The molecule has 1 aromatic heterocycles. The Morgan fingerprint density at radius 3 is 2.38 bits per heavy atom. The highest BCUT2D eigenvalue weighted by atomic mass is 35.5. The molecule has 3 rings (SSSR count). The first-order valence-electron chi connectivity index (χ1n) is 6.06. The fourth-order valence-electron chi connectivity index (χ4n) is 1.94. The molecular weight excluding hydrogens is 292 g/mol. The summed E-state index contributed by atoms with van der Waals surface area (Å²) in [4.78, 5) is 0. The molecule has 0 saturated carbocycles. The smallest absolute Gasteiger partial charge is 0.159 e. The summed E-state index contributed by atoms with van der Waals surface area (Å²) in [6.45, 7) is 0. The first-order chi connectivity index (χ1) is 10.1. The van der Waals surface area contributed by atoms with Gasteiger partial charge in [-0.3, -0.25) is 0 Å². The van der Waals surface area contributed by atoms with Crippen molar-refractivity contribution in [2.24, 2.45) is 0 Å². The average molecular weight is 303 g/mol. The normalized spacial score (nSPS) is 10.7. The number of aromatic nitrogens is 3. The van der Waals surface area contributed by atoms with Gasteiger partial charge in [-0.1, -0.05) is 28.9 Å². The van der Waals surface area contributed by atoms with E-state index in [1.807, 2.05) is 0 Å². The van der Waals surface area contributed by atoms with Crippen LogP contribution in [0.25, 0.3) is 16.9 Å². The number of hydrogen-bond donors (Lipinski definition) is 3. The second-order valence-corrected chi connectivity index (χ2v) is 4.85. The van der Waals surface area contributed by atoms with E-state index in [0.29, 0.717) is 22.2 Å². The second kappa shape index (κ2) is 4.99. The molecule has 0 fully saturated rings. The largest absolute Gasteiger partial charge is 0.504 e. The maximum Gasteiger partial charge on any atom is 0.159 e. The van der Waals surface area contributed by atoms with Crippen LogP contribution >= 0.6 is 11.6 Å². The summed E-state index contributed by atoms with van der Waals surface area (Å²) in [5.41, 5.74) is 7.85. The molecule has 0 atom stereocenters. The third-order valence-electron chi connectivity index (χ3n) is 3.03. The number of nitrogens with zero attached hydrogens (tertiary/aromatic N) is 3. The van der Waals surface area contributed by atoms with Gasteiger partial charge in [-0.15, -0.1) is 5.10 Å². The predicted octanol–water partition coefficient (Wildman–Crippen LogP) is 2.58. The van der Waals surface area contributed by atoms with Gasteiger partial charge in [0.05, 0.1) is 5.69 Å². The van der Waals surface area contributed by atoms with Gasteiger partial charge in [-0.2, -0.15) is 4.68 Å². The maximum atomic E-state index is 9.54. The minimum atomic E-state index is -0.254. The van der Waals surface area contributed by atoms with Crippen molar-refractivity contribution in [1.82, 2.24) is 15.0 Å². The van der Waals surface area contributed by atoms with Gasteiger partial charge in [0.2, 0.25) is 0 Å². The summed E-state index contributed by atoms with van der Waals surface area (Å²) >= 11 is 5.85. The summed E-state index contributed by atoms with van der Waals surface area (Å²) in [6.07, 6.45) is 0. The van der Waals surface area contributed by atoms with Gasteiger partial charge in [0.15, 0.2) is 17.3 Å². The van der Waals surface area contributed by atoms with Gasteiger partial charge in [0.1, 0.15) is 5.69 Å². The minimum Gasteiger partial charge on any atom is -0.504 e. The Hall–Kier alpha value is -2.73. The molecule has 3 aromatic rings. The highest BCUT2D eigenvalue weighted by molar-refractivity contribution is 6.30. The Bertz CT molecular complexity index is 799. The quantitative estimate of drug-likeness (QED) is 0.632. The van der Waals surface area contributed by atoms with Crippen molar-refractivity contribution >= 4 is 17.4 Å². The fourth-order valence-corrected chi connectivity index (χ4v) is 2.06. The number of nitrogen functional groups attached to an aromatic ring is 1. The SMILES string of the molecule is Nc1c(-c2ccc(Cl)cc2)nnn1-c1ccc(O)c(O)c1. The topological polar surface area (TPSA) is 97.2 Å². The van der Waals surface area contributed by atoms with Gasteiger partial charge in [-0.05, 0) is 24.3 Å². The Morgan fingerprint density at radius 1 is 1.00 bits per heavy atom. The van der Waals surface area contributed by atoms with E-state index in [-0.39, 0.29) is 11.5 Å². The number of halogens is 1. The molecule has 0 saturated heterocycles. The van der Waals surface area contributed by atoms with Gasteiger partial charge in [-0.25, -0.2) is 0 Å². The molecular formula is C14H11ClN4O2. The van der Waals surface area contributed by atoms with E-state index in [2.05, 4.69) is 10.3 Å². The molecule has 2 aromatic carbocycles. The summed E-state index contributed by atoms with van der Waals surface area (Å²) in [5, 5.41) is 27.5. The van der Waals surface area contributed by atoms with Crippen LogP contribution in [0, 0.1) is 0 Å². The minimum absolute atomic E-state index is 0.213. The number of aromatic hydroxyl groups is 2. The predicted molar refractivity (Wildman–Crippen MR) is 79.5 cm³/mol. The fraction of sp³-hybridized carbons (Fsp3) is 0. The van der Waals surface area contributed by atoms with E-state index in [4.69, 9.17) is 17.3 Å². The van der Waals surface area contributed by atoms with Crippen LogP contribution in [0.15, 0.2) is 42.5 Å². The zero-order chi connectivity index (χ0) is 15.0. The number of benzene rings is 2. The van der Waals surface area contributed by atoms with E-state index < -0.39 is 0 Å². The molecule has 4 N–H and O–H groups in total. The molecule has 0 bridgehead atoms. The van der Waals surface area contributed by atoms with Crippen molar-refractivity contribution in [3.8, 4) is 28.4 Å². The Balaban J connectivity index is 2.06. The summed E-state index contributed by atoms with van der Waals surface area (Å²) < 4.78 is 1.38. The maximum absolute atomic E-state index is 9.54. The molecule has 0 radical (unpaired) electrons. The number of phenolic OH excluding ortho intramolecular Hbond substituents is 2. The first-order valence-corrected chi connectivity index (χ1v) is 6.43. The summed E-state index contributed by atoms with van der Waals surface area (Å²) in [6, 6.07) is 11.3. The van der Waals surface area contributed by atoms with Crippen LogP contribution in [0.5, 0.6) is 11.5 Å². The molecule has 21 heavy (non-hydrogen) atoms. The second-order valence-electron chi connectivity index (χ2n) is 4.42. The Kier molecular flexibility index (Phi) is 3.15. The van der Waals surface area contributed by atoms with Crippen LogP contribution in [0.1, 0.15) is 0 Å². The molecule has 106 valence electrons. The molecule has 0 unspecified atom stereocenters. The number of rotatable bonds is 2. The lowest BCUT2D eigenvalue weighted by Gasteiger charge is -2.05. The molecule has 7 heteroatoms. The molecule has 6 nitrogen and oxygen atoms in total. The third kappa shape index (κ3) is 2.36. The van der Waals surface area contributed by atoms with Gasteiger partial charge < -0.3 is 15.9 Å². The standard InChI is InChI=1S/C14H11ClN4O2/c15-9-3-1-8(2-4-9)13-14(16)19(18-17-13)10-5-6-11(20)12(21)7-10/h1-7,20-21H,16H2. The number of phenols is 2. The van der Waals surface area contributed by atoms with Crippen LogP contribution in [0.4, 0.5) is 5.82 Å². The lowest BCUT2D eigenvalue weighted by molar-refractivity contribution is 0.403. The highest BCUT2D eigenvalue weighted by Crippen LogP contribution is 2.30. The van der Waals surface area contributed by atoms with Crippen LogP contribution in [0.3, 0.4) is 0 Å². The zero-order valence-corrected chi connectivity index (χ0v) is 11.5. The highest BCUT2D eigenvalue weighted by Gasteiger charge is 2.14. The molecule has 0 spiro atoms. The number of hydrogen-bond acceptors (Lipinski definition) is 5. The van der Waals surface area contributed by atoms with Crippen LogP contribution in [0.2, 0.25) is 5.02 Å². The van der Waals surface area contributed by atoms with Crippen molar-refractivity contribution in [1.29, 1.82) is 0 Å². The monoisotopic (exact) mass is 302 g/mol. The van der Waals surface area contributed by atoms with Crippen LogP contribution < -0.4 is 5.73 Å². The summed E-state index contributed by atoms with van der Waals surface area (Å²) in [7, 11) is 0. The van der Waals surface area contributed by atoms with Crippen LogP contribution in [-0.4, -0.2) is 25.2 Å². The Morgan fingerprint density at radius 2 is 1.71 bits per heavy atom. The van der Waals surface area contributed by atoms with Crippen molar-refractivity contribution in [3.05, 3.63) is 47.5 Å². The lowest BCUT2D eigenvalue weighted by Crippen LogP contribution is -2.02.